The molecule has 5 aliphatic carbocycles. The Hall–Kier alpha value is -4.94. The van der Waals surface area contributed by atoms with Gasteiger partial charge in [-0.05, 0) is 117 Å². The standard InChI is InChI=1S/C78H110O33/c1-33-46(83)50(87)54(91)66(98-33)107-59-52(89)47(84)34(2)99-68(59)108-60-53(90)49(86)39(32-80)102-69(60)105-57-56(93)58(64(94)95)106-70(61(57)109-67-55(92)51(88)48(85)38(31-79)101-67)103-43-25-26-74(8)40(73(43,6)7)23-27-75(9)41(74)24-28-77-42-29-72(4,5)62(110-65(96)37-19-15-12-16-20-37)63(104-45(82)22-21-36-17-13-11-14-18-36)78(42,71(97)111-77)44(100-35(3)81)30-76(75,77)10/h11-22,33-34,38-44,46-63,66-71,79-80,83-93,97H,23-32H2,1-10H3,(H,94,95)/b22-21+/t33-,34+,38+,39-,40?,41?,42?,43-,44+,46-,47+,48-,49+,50+,51-,52-,53+,54+,55+,56-,57-,58-,59?,60?,61?,62-,63-,66?,67?,68?,69?,70+,71?,74-,75+,76-,77?,78+/m0/s1. The second-order valence-electron chi connectivity index (χ2n) is 34.6. The first-order valence-electron chi connectivity index (χ1n) is 38.5. The Morgan fingerprint density at radius 3 is 1.64 bits per heavy atom. The van der Waals surface area contributed by atoms with Crippen molar-refractivity contribution in [3.63, 3.8) is 0 Å². The number of rotatable bonds is 19. The molecule has 2 bridgehead atoms. The molecule has 0 amide bonds. The summed E-state index contributed by atoms with van der Waals surface area (Å²) in [6, 6.07) is 17.4. The first-order valence-corrected chi connectivity index (χ1v) is 38.5. The van der Waals surface area contributed by atoms with Gasteiger partial charge in [-0.2, -0.15) is 0 Å². The molecule has 11 fully saturated rings. The molecule has 33 nitrogen and oxygen atoms in total. The highest BCUT2D eigenvalue weighted by Crippen LogP contribution is 2.82. The van der Waals surface area contributed by atoms with E-state index in [2.05, 4.69) is 20.8 Å². The molecule has 13 rings (SSSR count). The number of benzene rings is 2. The van der Waals surface area contributed by atoms with Crippen LogP contribution >= 0.6 is 0 Å². The van der Waals surface area contributed by atoms with Crippen LogP contribution in [0.2, 0.25) is 0 Å². The fourth-order valence-corrected chi connectivity index (χ4v) is 21.9. The molecule has 12 unspecified atom stereocenters. The van der Waals surface area contributed by atoms with Crippen LogP contribution in [0.25, 0.3) is 6.08 Å². The molecule has 111 heavy (non-hydrogen) atoms. The zero-order valence-corrected chi connectivity index (χ0v) is 63.6. The van der Waals surface area contributed by atoms with E-state index in [-0.39, 0.29) is 36.7 Å². The van der Waals surface area contributed by atoms with Gasteiger partial charge in [0.25, 0.3) is 0 Å². The van der Waals surface area contributed by atoms with Crippen molar-refractivity contribution in [1.29, 1.82) is 0 Å². The van der Waals surface area contributed by atoms with Crippen molar-refractivity contribution < 1.29 is 162 Å². The SMILES string of the molecule is CC(=O)O[C@@H]1C[C@]2(C)C3(CCC4[C@@]5(C)CC[C@H](O[C@@H]6O[C@H](C(=O)O)[C@@H](O)[C@H](OC7O[C@@H](CO)[C@@H](O)[C@@H](O)C7OC7O[C@H](C)[C@@H](O)[C@H](O)C7OC7O[C@@H](C)[C@H](O)[C@@H](O)[C@H]7O)C6OC6O[C@H](CO)[C@H](O)[C@H](O)[C@H]6O)C(C)(C)C5CC[C@]42C)OC(O)[C@]12C3CC(C)(C)[C@@H](OC(=O)c1ccccc1)[C@@H]2OC(=O)/C=C/c1ccccc1. The number of carboxylic acids is 1. The van der Waals surface area contributed by atoms with E-state index in [9.17, 15) is 95.8 Å². The van der Waals surface area contributed by atoms with Crippen LogP contribution in [-0.4, -0.2) is 304 Å². The molecule has 6 aliphatic heterocycles. The second kappa shape index (κ2) is 31.5. The van der Waals surface area contributed by atoms with Crippen LogP contribution < -0.4 is 0 Å². The lowest BCUT2D eigenvalue weighted by Gasteiger charge is -2.75. The van der Waals surface area contributed by atoms with Crippen molar-refractivity contribution in [1.82, 2.24) is 0 Å². The van der Waals surface area contributed by atoms with Gasteiger partial charge in [0.2, 0.25) is 0 Å². The van der Waals surface area contributed by atoms with Gasteiger partial charge in [0.15, 0.2) is 49.9 Å². The van der Waals surface area contributed by atoms with E-state index >= 15 is 0 Å². The van der Waals surface area contributed by atoms with Crippen LogP contribution in [0.1, 0.15) is 137 Å². The van der Waals surface area contributed by atoms with Gasteiger partial charge in [-0.3, -0.25) is 4.79 Å². The number of aliphatic hydroxyl groups excluding tert-OH is 14. The lowest BCUT2D eigenvalue weighted by molar-refractivity contribution is -0.412. The molecule has 0 aromatic heterocycles. The highest BCUT2D eigenvalue weighted by atomic mass is 16.8. The molecule has 5 saturated carbocycles. The van der Waals surface area contributed by atoms with Crippen LogP contribution in [0.3, 0.4) is 0 Å². The predicted octanol–water partition coefficient (Wildman–Crippen LogP) is -0.419. The van der Waals surface area contributed by atoms with Crippen molar-refractivity contribution in [2.24, 2.45) is 50.2 Å². The Balaban J connectivity index is 0.824. The Labute approximate surface area is 641 Å². The van der Waals surface area contributed by atoms with Gasteiger partial charge >= 0.3 is 23.9 Å². The third kappa shape index (κ3) is 14.1. The average Bonchev–Trinajstić information content (AvgIpc) is 1.52. The third-order valence-electron chi connectivity index (χ3n) is 27.8. The summed E-state index contributed by atoms with van der Waals surface area (Å²) in [7, 11) is 0. The van der Waals surface area contributed by atoms with Gasteiger partial charge in [-0.15, -0.1) is 0 Å². The molecule has 2 aromatic rings. The van der Waals surface area contributed by atoms with Crippen LogP contribution in [0.15, 0.2) is 66.7 Å². The third-order valence-corrected chi connectivity index (χ3v) is 27.8. The fraction of sp³-hybridized carbons (Fsp3) is 0.769. The number of ether oxygens (including phenoxy) is 14. The smallest absolute Gasteiger partial charge is 0.338 e. The minimum absolute atomic E-state index is 0.110. The number of carboxylic acid groups (broad SMARTS) is 1. The second-order valence-corrected chi connectivity index (χ2v) is 34.6. The molecule has 38 atom stereocenters. The van der Waals surface area contributed by atoms with E-state index in [1.807, 2.05) is 45.9 Å². The zero-order valence-electron chi connectivity index (χ0n) is 63.6. The molecular formula is C78H110O33. The number of esters is 3. The number of carbonyl (C=O) groups is 4. The maximum Gasteiger partial charge on any atom is 0.338 e. The monoisotopic (exact) mass is 1570 g/mol. The van der Waals surface area contributed by atoms with Crippen molar-refractivity contribution in [2.45, 2.75) is 310 Å². The summed E-state index contributed by atoms with van der Waals surface area (Å²) in [5, 5.41) is 170. The summed E-state index contributed by atoms with van der Waals surface area (Å²) in [6.07, 6.45) is -49.5. The van der Waals surface area contributed by atoms with E-state index < -0.39 is 265 Å². The number of aliphatic carboxylic acids is 1. The van der Waals surface area contributed by atoms with Gasteiger partial charge < -0.3 is 143 Å². The van der Waals surface area contributed by atoms with Gasteiger partial charge in [0.05, 0.1) is 42.7 Å². The lowest BCUT2D eigenvalue weighted by atomic mass is 9.30. The first kappa shape index (κ1) is 84.0. The molecule has 0 radical (unpaired) electrons. The summed E-state index contributed by atoms with van der Waals surface area (Å²) >= 11 is 0. The summed E-state index contributed by atoms with van der Waals surface area (Å²) < 4.78 is 89.3. The van der Waals surface area contributed by atoms with E-state index in [1.54, 1.807) is 48.5 Å². The molecule has 2 aromatic carbocycles. The van der Waals surface area contributed by atoms with Crippen molar-refractivity contribution in [2.75, 3.05) is 13.2 Å². The van der Waals surface area contributed by atoms with Gasteiger partial charge in [0.1, 0.15) is 121 Å². The molecule has 15 N–H and O–H groups in total. The highest BCUT2D eigenvalue weighted by Gasteiger charge is 2.87. The maximum absolute atomic E-state index is 14.6. The minimum Gasteiger partial charge on any atom is -0.479 e. The van der Waals surface area contributed by atoms with E-state index in [0.29, 0.717) is 37.7 Å². The quantitative estimate of drug-likeness (QED) is 0.0368. The largest absolute Gasteiger partial charge is 0.479 e. The van der Waals surface area contributed by atoms with E-state index in [4.69, 9.17) is 66.3 Å². The van der Waals surface area contributed by atoms with Crippen LogP contribution in [0, 0.1) is 50.2 Å². The number of fused-ring (bicyclic) bond motifs is 4. The molecular weight excluding hydrogens is 1460 g/mol. The minimum atomic E-state index is -2.39. The normalized spacial score (nSPS) is 49.2. The maximum atomic E-state index is 14.6. The topological polar surface area (TPSA) is 501 Å². The fourth-order valence-electron chi connectivity index (χ4n) is 21.9. The average molecular weight is 1580 g/mol. The van der Waals surface area contributed by atoms with Crippen LogP contribution in [-0.2, 0) is 80.7 Å². The van der Waals surface area contributed by atoms with Crippen LogP contribution in [0.4, 0.5) is 0 Å². The number of aliphatic hydroxyl groups is 14. The Morgan fingerprint density at radius 1 is 0.495 bits per heavy atom. The van der Waals surface area contributed by atoms with Crippen molar-refractivity contribution in [3.8, 4) is 0 Å². The molecule has 11 aliphatic rings. The first-order chi connectivity index (χ1) is 52.3. The summed E-state index contributed by atoms with van der Waals surface area (Å²) in [4.78, 5) is 56.4. The number of hydrogen-bond donors (Lipinski definition) is 15. The molecule has 6 saturated heterocycles. The summed E-state index contributed by atoms with van der Waals surface area (Å²) in [6.45, 7) is 16.4. The van der Waals surface area contributed by atoms with Gasteiger partial charge in [0, 0.05) is 29.7 Å². The van der Waals surface area contributed by atoms with E-state index in [1.165, 1.54) is 26.8 Å². The molecule has 620 valence electrons. The Morgan fingerprint density at radius 2 is 1.02 bits per heavy atom. The number of carbonyl (C=O) groups excluding carboxylic acids is 3. The summed E-state index contributed by atoms with van der Waals surface area (Å²) in [5.74, 6) is -5.09. The van der Waals surface area contributed by atoms with Gasteiger partial charge in [-0.1, -0.05) is 97.0 Å². The van der Waals surface area contributed by atoms with Crippen molar-refractivity contribution in [3.05, 3.63) is 77.9 Å². The zero-order chi connectivity index (χ0) is 80.5. The Bertz CT molecular complexity index is 3650. The molecule has 6 heterocycles. The Kier molecular flexibility index (Phi) is 23.8. The van der Waals surface area contributed by atoms with Gasteiger partial charge in [-0.25, -0.2) is 14.4 Å². The van der Waals surface area contributed by atoms with Crippen LogP contribution in [0.5, 0.6) is 0 Å². The molecule has 1 spiro atoms. The molecule has 33 heteroatoms. The highest BCUT2D eigenvalue weighted by molar-refractivity contribution is 5.90. The number of hydrogen-bond acceptors (Lipinski definition) is 32. The summed E-state index contributed by atoms with van der Waals surface area (Å²) in [5.41, 5.74) is -6.16. The van der Waals surface area contributed by atoms with Crippen molar-refractivity contribution >= 4 is 30.0 Å². The lowest BCUT2D eigenvalue weighted by Crippen LogP contribution is -2.77. The van der Waals surface area contributed by atoms with E-state index in [0.717, 1.165) is 0 Å². The predicted molar refractivity (Wildman–Crippen MR) is 375 cm³/mol.